The van der Waals surface area contributed by atoms with Gasteiger partial charge in [-0.05, 0) is 38.8 Å². The summed E-state index contributed by atoms with van der Waals surface area (Å²) >= 11 is 0. The molecule has 21 heavy (non-hydrogen) atoms. The van der Waals surface area contributed by atoms with E-state index in [2.05, 4.69) is 68.7 Å². The number of nitrogens with one attached hydrogen (secondary N) is 1. The molecule has 0 aliphatic carbocycles. The van der Waals surface area contributed by atoms with Crippen LogP contribution < -0.4 is 11.3 Å². The molecular formula is C17H26N4. The first kappa shape index (κ1) is 15.7. The van der Waals surface area contributed by atoms with E-state index in [9.17, 15) is 0 Å². The fourth-order valence-corrected chi connectivity index (χ4v) is 2.61. The Morgan fingerprint density at radius 3 is 2.48 bits per heavy atom. The van der Waals surface area contributed by atoms with Gasteiger partial charge in [0.2, 0.25) is 0 Å². The Balaban J connectivity index is 2.17. The maximum absolute atomic E-state index is 5.76. The average molecular weight is 286 g/mol. The van der Waals surface area contributed by atoms with E-state index in [4.69, 9.17) is 5.84 Å². The van der Waals surface area contributed by atoms with Gasteiger partial charge in [-0.25, -0.2) is 0 Å². The minimum absolute atomic E-state index is 0.0869. The first-order valence-electron chi connectivity index (χ1n) is 7.61. The molecule has 0 saturated carbocycles. The summed E-state index contributed by atoms with van der Waals surface area (Å²) in [5.74, 6) is 5.76. The normalized spacial score (nSPS) is 14.1. The summed E-state index contributed by atoms with van der Waals surface area (Å²) in [5, 5.41) is 4.66. The summed E-state index contributed by atoms with van der Waals surface area (Å²) in [6, 6.07) is 9.15. The lowest BCUT2D eigenvalue weighted by molar-refractivity contribution is 0.467. The van der Waals surface area contributed by atoms with Crippen molar-refractivity contribution in [2.75, 3.05) is 0 Å². The highest BCUT2D eigenvalue weighted by molar-refractivity contribution is 5.31. The molecule has 4 heteroatoms. The second-order valence-corrected chi connectivity index (χ2v) is 5.89. The van der Waals surface area contributed by atoms with Gasteiger partial charge in [-0.3, -0.25) is 16.0 Å². The van der Waals surface area contributed by atoms with Crippen LogP contribution >= 0.6 is 0 Å². The average Bonchev–Trinajstić information content (AvgIpc) is 2.91. The topological polar surface area (TPSA) is 55.9 Å². The molecule has 4 nitrogen and oxygen atoms in total. The Hall–Kier alpha value is -1.65. The molecule has 0 fully saturated rings. The second kappa shape index (κ2) is 6.87. The number of hydrazine groups is 1. The predicted octanol–water partition coefficient (Wildman–Crippen LogP) is 3.22. The number of aryl methyl sites for hydroxylation is 2. The zero-order chi connectivity index (χ0) is 15.4. The molecule has 0 spiro atoms. The first-order valence-corrected chi connectivity index (χ1v) is 7.61. The number of hydrogen-bond donors (Lipinski definition) is 2. The van der Waals surface area contributed by atoms with E-state index in [-0.39, 0.29) is 6.04 Å². The van der Waals surface area contributed by atoms with Gasteiger partial charge in [0.15, 0.2) is 0 Å². The van der Waals surface area contributed by atoms with E-state index in [1.165, 1.54) is 16.7 Å². The van der Waals surface area contributed by atoms with Crippen molar-refractivity contribution < 1.29 is 0 Å². The number of benzene rings is 1. The SMILES string of the molecule is CCC(C)n1ccc(CC(NN)c2cc(C)cc(C)c2)n1. The monoisotopic (exact) mass is 286 g/mol. The fraction of sp³-hybridized carbons (Fsp3) is 0.471. The van der Waals surface area contributed by atoms with Crippen LogP contribution in [0.3, 0.4) is 0 Å². The summed E-state index contributed by atoms with van der Waals surface area (Å²) in [4.78, 5) is 0. The molecule has 1 heterocycles. The van der Waals surface area contributed by atoms with Crippen LogP contribution in [0.5, 0.6) is 0 Å². The second-order valence-electron chi connectivity index (χ2n) is 5.89. The minimum atomic E-state index is 0.0869. The Bertz CT molecular complexity index is 568. The number of nitrogens with zero attached hydrogens (tertiary/aromatic N) is 2. The van der Waals surface area contributed by atoms with Crippen molar-refractivity contribution in [1.29, 1.82) is 0 Å². The van der Waals surface area contributed by atoms with Gasteiger partial charge < -0.3 is 0 Å². The maximum atomic E-state index is 5.76. The molecule has 1 aromatic heterocycles. The lowest BCUT2D eigenvalue weighted by Crippen LogP contribution is -2.29. The van der Waals surface area contributed by atoms with Gasteiger partial charge in [-0.2, -0.15) is 5.10 Å². The van der Waals surface area contributed by atoms with Crippen LogP contribution in [0, 0.1) is 13.8 Å². The van der Waals surface area contributed by atoms with Gasteiger partial charge in [0.1, 0.15) is 0 Å². The molecule has 0 bridgehead atoms. The molecule has 114 valence electrons. The van der Waals surface area contributed by atoms with Crippen molar-refractivity contribution in [3.05, 3.63) is 52.8 Å². The number of aromatic nitrogens is 2. The lowest BCUT2D eigenvalue weighted by atomic mass is 9.98. The fourth-order valence-electron chi connectivity index (χ4n) is 2.61. The van der Waals surface area contributed by atoms with E-state index in [1.807, 2.05) is 4.68 Å². The van der Waals surface area contributed by atoms with Crippen molar-refractivity contribution in [3.63, 3.8) is 0 Å². The van der Waals surface area contributed by atoms with Crippen LogP contribution in [0.4, 0.5) is 0 Å². The van der Waals surface area contributed by atoms with Gasteiger partial charge in [0.05, 0.1) is 11.7 Å². The molecule has 2 aromatic rings. The van der Waals surface area contributed by atoms with E-state index in [0.29, 0.717) is 6.04 Å². The number of rotatable bonds is 6. The van der Waals surface area contributed by atoms with E-state index < -0.39 is 0 Å². The van der Waals surface area contributed by atoms with Gasteiger partial charge >= 0.3 is 0 Å². The Morgan fingerprint density at radius 2 is 1.90 bits per heavy atom. The van der Waals surface area contributed by atoms with Crippen LogP contribution in [0.25, 0.3) is 0 Å². The molecule has 2 atom stereocenters. The molecule has 0 aliphatic rings. The van der Waals surface area contributed by atoms with Gasteiger partial charge in [0.25, 0.3) is 0 Å². The number of hydrogen-bond acceptors (Lipinski definition) is 3. The maximum Gasteiger partial charge on any atom is 0.0644 e. The van der Waals surface area contributed by atoms with Crippen molar-refractivity contribution in [1.82, 2.24) is 15.2 Å². The molecule has 0 radical (unpaired) electrons. The van der Waals surface area contributed by atoms with Crippen molar-refractivity contribution >= 4 is 0 Å². The summed E-state index contributed by atoms with van der Waals surface area (Å²) in [6.45, 7) is 8.58. The van der Waals surface area contributed by atoms with E-state index in [0.717, 1.165) is 18.5 Å². The van der Waals surface area contributed by atoms with Gasteiger partial charge in [-0.1, -0.05) is 36.2 Å². The summed E-state index contributed by atoms with van der Waals surface area (Å²) < 4.78 is 2.03. The molecule has 2 rings (SSSR count). The summed E-state index contributed by atoms with van der Waals surface area (Å²) in [7, 11) is 0. The van der Waals surface area contributed by atoms with Crippen LogP contribution in [0.15, 0.2) is 30.5 Å². The molecule has 2 unspecified atom stereocenters. The van der Waals surface area contributed by atoms with Crippen molar-refractivity contribution in [2.45, 2.75) is 52.6 Å². The Labute approximate surface area is 127 Å². The van der Waals surface area contributed by atoms with Crippen LogP contribution in [-0.2, 0) is 6.42 Å². The summed E-state index contributed by atoms with van der Waals surface area (Å²) in [5.41, 5.74) is 7.73. The molecule has 0 amide bonds. The third kappa shape index (κ3) is 3.93. The largest absolute Gasteiger partial charge is 0.271 e. The highest BCUT2D eigenvalue weighted by Crippen LogP contribution is 2.20. The third-order valence-corrected chi connectivity index (χ3v) is 3.97. The van der Waals surface area contributed by atoms with Crippen LogP contribution in [-0.4, -0.2) is 9.78 Å². The quantitative estimate of drug-likeness (QED) is 0.633. The van der Waals surface area contributed by atoms with Gasteiger partial charge in [0, 0.05) is 18.7 Å². The summed E-state index contributed by atoms with van der Waals surface area (Å²) in [6.07, 6.45) is 3.93. The van der Waals surface area contributed by atoms with E-state index >= 15 is 0 Å². The molecule has 0 saturated heterocycles. The number of nitrogens with two attached hydrogens (primary N) is 1. The minimum Gasteiger partial charge on any atom is -0.271 e. The predicted molar refractivity (Wildman–Crippen MR) is 86.9 cm³/mol. The molecule has 0 aliphatic heterocycles. The molecular weight excluding hydrogens is 260 g/mol. The zero-order valence-corrected chi connectivity index (χ0v) is 13.4. The standard InChI is InChI=1S/C17H26N4/c1-5-14(4)21-7-6-16(20-21)11-17(19-18)15-9-12(2)8-13(3)10-15/h6-10,14,17,19H,5,11,18H2,1-4H3. The highest BCUT2D eigenvalue weighted by Gasteiger charge is 2.14. The molecule has 1 aromatic carbocycles. The lowest BCUT2D eigenvalue weighted by Gasteiger charge is -2.17. The van der Waals surface area contributed by atoms with Crippen LogP contribution in [0.2, 0.25) is 0 Å². The van der Waals surface area contributed by atoms with E-state index in [1.54, 1.807) is 0 Å². The van der Waals surface area contributed by atoms with Gasteiger partial charge in [-0.15, -0.1) is 0 Å². The third-order valence-electron chi connectivity index (χ3n) is 3.97. The zero-order valence-electron chi connectivity index (χ0n) is 13.4. The molecule has 3 N–H and O–H groups in total. The Kier molecular flexibility index (Phi) is 5.15. The Morgan fingerprint density at radius 1 is 1.24 bits per heavy atom. The highest BCUT2D eigenvalue weighted by atomic mass is 15.3. The first-order chi connectivity index (χ1) is 10.0. The van der Waals surface area contributed by atoms with Crippen LogP contribution in [0.1, 0.15) is 54.7 Å². The smallest absolute Gasteiger partial charge is 0.0644 e. The van der Waals surface area contributed by atoms with Crippen molar-refractivity contribution in [3.8, 4) is 0 Å². The van der Waals surface area contributed by atoms with Crippen molar-refractivity contribution in [2.24, 2.45) is 5.84 Å².